The van der Waals surface area contributed by atoms with Crippen molar-refractivity contribution in [1.29, 1.82) is 0 Å². The molecule has 0 spiro atoms. The maximum Gasteiger partial charge on any atom is 0.253 e. The van der Waals surface area contributed by atoms with Gasteiger partial charge in [-0.3, -0.25) is 9.78 Å². The van der Waals surface area contributed by atoms with Crippen LogP contribution in [-0.2, 0) is 6.54 Å². The molecule has 0 atom stereocenters. The van der Waals surface area contributed by atoms with E-state index >= 15 is 0 Å². The summed E-state index contributed by atoms with van der Waals surface area (Å²) >= 11 is 12.3. The van der Waals surface area contributed by atoms with Crippen molar-refractivity contribution in [3.05, 3.63) is 87.9 Å². The number of benzene rings is 2. The zero-order chi connectivity index (χ0) is 17.8. The summed E-state index contributed by atoms with van der Waals surface area (Å²) in [5.41, 5.74) is 2.60. The number of halogens is 3. The fourth-order valence-corrected chi connectivity index (χ4v) is 2.73. The molecule has 1 amide bonds. The lowest BCUT2D eigenvalue weighted by molar-refractivity contribution is 0.0950. The van der Waals surface area contributed by atoms with Crippen molar-refractivity contribution in [3.63, 3.8) is 0 Å². The van der Waals surface area contributed by atoms with Gasteiger partial charge in [0.05, 0.1) is 15.6 Å². The highest BCUT2D eigenvalue weighted by atomic mass is 35.5. The minimum atomic E-state index is -0.314. The zero-order valence-electron chi connectivity index (χ0n) is 13.0. The molecule has 0 saturated heterocycles. The van der Waals surface area contributed by atoms with Crippen molar-refractivity contribution in [2.45, 2.75) is 6.54 Å². The Kier molecular flexibility index (Phi) is 5.31. The summed E-state index contributed by atoms with van der Waals surface area (Å²) in [6.45, 7) is 0.293. The standard InChI is InChI=1S/C19H13Cl2FN2O/c20-17-3-1-2-16(18(17)21)13-8-14(11-23-10-13)19(25)24-9-12-4-6-15(22)7-5-12/h1-8,10-11H,9H2,(H,24,25). The molecule has 0 saturated carbocycles. The van der Waals surface area contributed by atoms with Gasteiger partial charge in [-0.05, 0) is 29.8 Å². The molecule has 0 bridgehead atoms. The number of pyridine rings is 1. The normalized spacial score (nSPS) is 10.5. The molecule has 126 valence electrons. The first kappa shape index (κ1) is 17.4. The van der Waals surface area contributed by atoms with Crippen LogP contribution in [0, 0.1) is 5.82 Å². The second kappa shape index (κ2) is 7.64. The van der Waals surface area contributed by atoms with Crippen LogP contribution in [0.4, 0.5) is 4.39 Å². The Morgan fingerprint density at radius 2 is 1.84 bits per heavy atom. The van der Waals surface area contributed by atoms with Gasteiger partial charge in [0.1, 0.15) is 5.82 Å². The van der Waals surface area contributed by atoms with E-state index in [1.165, 1.54) is 18.3 Å². The van der Waals surface area contributed by atoms with Crippen molar-refractivity contribution in [3.8, 4) is 11.1 Å². The predicted octanol–water partition coefficient (Wildman–Crippen LogP) is 5.12. The van der Waals surface area contributed by atoms with Gasteiger partial charge in [0, 0.05) is 30.1 Å². The van der Waals surface area contributed by atoms with Gasteiger partial charge < -0.3 is 5.32 Å². The van der Waals surface area contributed by atoms with Gasteiger partial charge in [-0.1, -0.05) is 47.5 Å². The smallest absolute Gasteiger partial charge is 0.253 e. The van der Waals surface area contributed by atoms with Gasteiger partial charge in [0.25, 0.3) is 5.91 Å². The summed E-state index contributed by atoms with van der Waals surface area (Å²) in [4.78, 5) is 16.4. The summed E-state index contributed by atoms with van der Waals surface area (Å²) in [6.07, 6.45) is 3.09. The molecule has 25 heavy (non-hydrogen) atoms. The van der Waals surface area contributed by atoms with Crippen LogP contribution < -0.4 is 5.32 Å². The lowest BCUT2D eigenvalue weighted by atomic mass is 10.1. The molecule has 0 aliphatic carbocycles. The number of hydrogen-bond donors (Lipinski definition) is 1. The fraction of sp³-hybridized carbons (Fsp3) is 0.0526. The van der Waals surface area contributed by atoms with E-state index in [1.54, 1.807) is 36.5 Å². The van der Waals surface area contributed by atoms with Crippen molar-refractivity contribution in [1.82, 2.24) is 10.3 Å². The van der Waals surface area contributed by atoms with Crippen molar-refractivity contribution in [2.24, 2.45) is 0 Å². The molecule has 3 aromatic rings. The largest absolute Gasteiger partial charge is 0.348 e. The first-order valence-electron chi connectivity index (χ1n) is 7.46. The lowest BCUT2D eigenvalue weighted by Crippen LogP contribution is -2.22. The van der Waals surface area contributed by atoms with Gasteiger partial charge in [-0.2, -0.15) is 0 Å². The van der Waals surface area contributed by atoms with Crippen molar-refractivity contribution in [2.75, 3.05) is 0 Å². The number of rotatable bonds is 4. The van der Waals surface area contributed by atoms with Gasteiger partial charge >= 0.3 is 0 Å². The third-order valence-electron chi connectivity index (χ3n) is 3.63. The third-order valence-corrected chi connectivity index (χ3v) is 4.45. The Bertz CT molecular complexity index is 914. The molecule has 0 aliphatic heterocycles. The van der Waals surface area contributed by atoms with Crippen molar-refractivity contribution >= 4 is 29.1 Å². The first-order chi connectivity index (χ1) is 12.0. The highest BCUT2D eigenvalue weighted by Gasteiger charge is 2.11. The number of nitrogens with one attached hydrogen (secondary N) is 1. The van der Waals surface area contributed by atoms with Crippen LogP contribution >= 0.6 is 23.2 Å². The van der Waals surface area contributed by atoms with E-state index in [2.05, 4.69) is 10.3 Å². The van der Waals surface area contributed by atoms with E-state index in [0.29, 0.717) is 33.3 Å². The quantitative estimate of drug-likeness (QED) is 0.687. The average Bonchev–Trinajstić information content (AvgIpc) is 2.63. The average molecular weight is 375 g/mol. The Labute approximate surface area is 154 Å². The molecule has 0 unspecified atom stereocenters. The molecule has 0 radical (unpaired) electrons. The minimum Gasteiger partial charge on any atom is -0.348 e. The second-order valence-corrected chi connectivity index (χ2v) is 6.16. The maximum atomic E-state index is 12.9. The van der Waals surface area contributed by atoms with Gasteiger partial charge in [-0.25, -0.2) is 4.39 Å². The van der Waals surface area contributed by atoms with Crippen LogP contribution in [0.5, 0.6) is 0 Å². The van der Waals surface area contributed by atoms with Crippen LogP contribution in [0.3, 0.4) is 0 Å². The van der Waals surface area contributed by atoms with Crippen molar-refractivity contribution < 1.29 is 9.18 Å². The number of aromatic nitrogens is 1. The molecular formula is C19H13Cl2FN2O. The van der Waals surface area contributed by atoms with Crippen LogP contribution in [0.25, 0.3) is 11.1 Å². The van der Waals surface area contributed by atoms with Crippen LogP contribution in [-0.4, -0.2) is 10.9 Å². The molecular weight excluding hydrogens is 362 g/mol. The van der Waals surface area contributed by atoms with Gasteiger partial charge in [0.2, 0.25) is 0 Å². The number of carbonyl (C=O) groups is 1. The highest BCUT2D eigenvalue weighted by molar-refractivity contribution is 6.43. The molecule has 3 nitrogen and oxygen atoms in total. The fourth-order valence-electron chi connectivity index (χ4n) is 2.32. The summed E-state index contributed by atoms with van der Waals surface area (Å²) < 4.78 is 12.9. The zero-order valence-corrected chi connectivity index (χ0v) is 14.5. The Morgan fingerprint density at radius 3 is 2.60 bits per heavy atom. The lowest BCUT2D eigenvalue weighted by Gasteiger charge is -2.09. The molecule has 1 N–H and O–H groups in total. The molecule has 0 aliphatic rings. The van der Waals surface area contributed by atoms with Crippen LogP contribution in [0.2, 0.25) is 10.0 Å². The van der Waals surface area contributed by atoms with E-state index in [1.807, 2.05) is 6.07 Å². The van der Waals surface area contributed by atoms with Crippen LogP contribution in [0.15, 0.2) is 60.9 Å². The van der Waals surface area contributed by atoms with E-state index in [9.17, 15) is 9.18 Å². The molecule has 3 rings (SSSR count). The molecule has 1 aromatic heterocycles. The monoisotopic (exact) mass is 374 g/mol. The van der Waals surface area contributed by atoms with E-state index in [4.69, 9.17) is 23.2 Å². The molecule has 1 heterocycles. The Morgan fingerprint density at radius 1 is 1.08 bits per heavy atom. The number of carbonyl (C=O) groups excluding carboxylic acids is 1. The summed E-state index contributed by atoms with van der Waals surface area (Å²) in [6, 6.07) is 12.9. The maximum absolute atomic E-state index is 12.9. The highest BCUT2D eigenvalue weighted by Crippen LogP contribution is 2.33. The first-order valence-corrected chi connectivity index (χ1v) is 8.22. The van der Waals surface area contributed by atoms with Crippen LogP contribution in [0.1, 0.15) is 15.9 Å². The molecule has 6 heteroatoms. The number of hydrogen-bond acceptors (Lipinski definition) is 2. The molecule has 0 fully saturated rings. The molecule has 2 aromatic carbocycles. The van der Waals surface area contributed by atoms with Gasteiger partial charge in [-0.15, -0.1) is 0 Å². The number of amides is 1. The minimum absolute atomic E-state index is 0.281. The Hall–Kier alpha value is -2.43. The summed E-state index contributed by atoms with van der Waals surface area (Å²) in [5.74, 6) is -0.595. The second-order valence-electron chi connectivity index (χ2n) is 5.37. The topological polar surface area (TPSA) is 42.0 Å². The van der Waals surface area contributed by atoms with Gasteiger partial charge in [0.15, 0.2) is 0 Å². The number of nitrogens with zero attached hydrogens (tertiary/aromatic N) is 1. The summed E-state index contributed by atoms with van der Waals surface area (Å²) in [5, 5.41) is 3.63. The SMILES string of the molecule is O=C(NCc1ccc(F)cc1)c1cncc(-c2cccc(Cl)c2Cl)c1. The third kappa shape index (κ3) is 4.16. The summed E-state index contributed by atoms with van der Waals surface area (Å²) in [7, 11) is 0. The van der Waals surface area contributed by atoms with E-state index in [0.717, 1.165) is 5.56 Å². The predicted molar refractivity (Wildman–Crippen MR) is 97.3 cm³/mol. The van der Waals surface area contributed by atoms with E-state index in [-0.39, 0.29) is 11.7 Å². The Balaban J connectivity index is 1.77. The van der Waals surface area contributed by atoms with E-state index < -0.39 is 0 Å².